The van der Waals surface area contributed by atoms with Crippen LogP contribution in [0, 0.1) is 5.82 Å². The number of nitrogens with one attached hydrogen (secondary N) is 1. The van der Waals surface area contributed by atoms with Gasteiger partial charge in [-0.15, -0.1) is 0 Å². The fourth-order valence-electron chi connectivity index (χ4n) is 2.38. The van der Waals surface area contributed by atoms with Gasteiger partial charge in [-0.25, -0.2) is 4.39 Å². The van der Waals surface area contributed by atoms with Gasteiger partial charge in [0, 0.05) is 27.1 Å². The molecule has 2 aromatic carbocycles. The molecule has 0 aliphatic carbocycles. The van der Waals surface area contributed by atoms with Crippen LogP contribution in [0.25, 0.3) is 0 Å². The molecule has 0 bridgehead atoms. The predicted molar refractivity (Wildman–Crippen MR) is 90.1 cm³/mol. The highest BCUT2D eigenvalue weighted by Crippen LogP contribution is 2.26. The normalized spacial score (nSPS) is 14.0. The smallest absolute Gasteiger partial charge is 0.128 e. The number of halogens is 3. The summed E-state index contributed by atoms with van der Waals surface area (Å²) in [7, 11) is 0. The molecule has 0 spiro atoms. The number of rotatable bonds is 5. The Morgan fingerprint density at radius 3 is 2.48 bits per heavy atom. The Labute approximate surface area is 138 Å². The van der Waals surface area contributed by atoms with Crippen molar-refractivity contribution in [3.05, 3.63) is 68.9 Å². The van der Waals surface area contributed by atoms with Gasteiger partial charge in [0.1, 0.15) is 5.82 Å². The molecule has 0 saturated carbocycles. The van der Waals surface area contributed by atoms with Crippen LogP contribution in [0.5, 0.6) is 0 Å². The van der Waals surface area contributed by atoms with Crippen LogP contribution in [-0.2, 0) is 0 Å². The quantitative estimate of drug-likeness (QED) is 0.676. The van der Waals surface area contributed by atoms with E-state index in [1.807, 2.05) is 37.3 Å². The molecule has 21 heavy (non-hydrogen) atoms. The van der Waals surface area contributed by atoms with Crippen LogP contribution in [0.4, 0.5) is 4.39 Å². The Morgan fingerprint density at radius 1 is 1.19 bits per heavy atom. The first-order valence-electron chi connectivity index (χ1n) is 6.97. The lowest BCUT2D eigenvalue weighted by molar-refractivity contribution is 0.442. The summed E-state index contributed by atoms with van der Waals surface area (Å²) >= 11 is 9.32. The van der Waals surface area contributed by atoms with Crippen molar-refractivity contribution in [1.82, 2.24) is 5.32 Å². The van der Waals surface area contributed by atoms with E-state index in [1.54, 1.807) is 6.07 Å². The van der Waals surface area contributed by atoms with Crippen LogP contribution < -0.4 is 5.32 Å². The summed E-state index contributed by atoms with van der Waals surface area (Å²) in [5.74, 6) is -0.191. The first-order chi connectivity index (χ1) is 10.0. The second-order valence-electron chi connectivity index (χ2n) is 5.07. The monoisotopic (exact) mass is 369 g/mol. The van der Waals surface area contributed by atoms with E-state index < -0.39 is 0 Å². The van der Waals surface area contributed by atoms with Gasteiger partial charge in [0.05, 0.1) is 0 Å². The highest BCUT2D eigenvalue weighted by atomic mass is 79.9. The summed E-state index contributed by atoms with van der Waals surface area (Å²) in [4.78, 5) is 0. The van der Waals surface area contributed by atoms with Gasteiger partial charge >= 0.3 is 0 Å². The largest absolute Gasteiger partial charge is 0.303 e. The van der Waals surface area contributed by atoms with E-state index in [2.05, 4.69) is 28.2 Å². The van der Waals surface area contributed by atoms with Crippen molar-refractivity contribution in [2.75, 3.05) is 0 Å². The third kappa shape index (κ3) is 4.29. The second kappa shape index (κ2) is 7.39. The molecule has 4 heteroatoms. The summed E-state index contributed by atoms with van der Waals surface area (Å²) in [6.07, 6.45) is 0.918. The van der Waals surface area contributed by atoms with E-state index in [9.17, 15) is 4.39 Å². The maximum Gasteiger partial charge on any atom is 0.128 e. The molecule has 0 radical (unpaired) electrons. The van der Waals surface area contributed by atoms with Gasteiger partial charge in [-0.05, 0) is 49.2 Å². The molecule has 0 amide bonds. The molecule has 2 aromatic rings. The number of hydrogen-bond donors (Lipinski definition) is 1. The highest BCUT2D eigenvalue weighted by Gasteiger charge is 2.16. The first kappa shape index (κ1) is 16.5. The zero-order valence-corrected chi connectivity index (χ0v) is 14.4. The summed E-state index contributed by atoms with van der Waals surface area (Å²) in [5, 5.41) is 4.20. The minimum Gasteiger partial charge on any atom is -0.303 e. The molecule has 0 aliphatic rings. The average molecular weight is 371 g/mol. The van der Waals surface area contributed by atoms with Crippen molar-refractivity contribution >= 4 is 27.5 Å². The molecule has 2 atom stereocenters. The first-order valence-corrected chi connectivity index (χ1v) is 8.14. The van der Waals surface area contributed by atoms with E-state index >= 15 is 0 Å². The van der Waals surface area contributed by atoms with Crippen molar-refractivity contribution in [2.24, 2.45) is 0 Å². The van der Waals surface area contributed by atoms with Gasteiger partial charge in [0.25, 0.3) is 0 Å². The van der Waals surface area contributed by atoms with E-state index in [0.29, 0.717) is 5.56 Å². The van der Waals surface area contributed by atoms with Gasteiger partial charge in [0.2, 0.25) is 0 Å². The fraction of sp³-hybridized carbons (Fsp3) is 0.294. The lowest BCUT2D eigenvalue weighted by Gasteiger charge is -2.23. The maximum atomic E-state index is 14.0. The lowest BCUT2D eigenvalue weighted by atomic mass is 10.0. The third-order valence-electron chi connectivity index (χ3n) is 3.56. The van der Waals surface area contributed by atoms with Crippen LogP contribution in [0.2, 0.25) is 5.02 Å². The van der Waals surface area contributed by atoms with Crippen molar-refractivity contribution in [3.8, 4) is 0 Å². The fourth-order valence-corrected chi connectivity index (χ4v) is 2.89. The van der Waals surface area contributed by atoms with E-state index in [1.165, 1.54) is 6.07 Å². The summed E-state index contributed by atoms with van der Waals surface area (Å²) in [6, 6.07) is 12.9. The van der Waals surface area contributed by atoms with Crippen molar-refractivity contribution < 1.29 is 4.39 Å². The van der Waals surface area contributed by atoms with E-state index in [4.69, 9.17) is 11.6 Å². The van der Waals surface area contributed by atoms with Gasteiger partial charge in [0.15, 0.2) is 0 Å². The van der Waals surface area contributed by atoms with Crippen LogP contribution in [0.1, 0.15) is 43.5 Å². The van der Waals surface area contributed by atoms with Crippen LogP contribution in [-0.4, -0.2) is 0 Å². The van der Waals surface area contributed by atoms with Gasteiger partial charge in [-0.3, -0.25) is 0 Å². The number of hydrogen-bond acceptors (Lipinski definition) is 1. The van der Waals surface area contributed by atoms with E-state index in [0.717, 1.165) is 21.5 Å². The Bertz CT molecular complexity index is 600. The summed E-state index contributed by atoms with van der Waals surface area (Å²) in [6.45, 7) is 4.08. The minimum atomic E-state index is -0.191. The molecule has 2 unspecified atom stereocenters. The topological polar surface area (TPSA) is 12.0 Å². The highest BCUT2D eigenvalue weighted by molar-refractivity contribution is 9.10. The van der Waals surface area contributed by atoms with Crippen molar-refractivity contribution in [3.63, 3.8) is 0 Å². The molecule has 112 valence electrons. The average Bonchev–Trinajstić information content (AvgIpc) is 2.48. The molecule has 0 aliphatic heterocycles. The Morgan fingerprint density at radius 2 is 1.86 bits per heavy atom. The van der Waals surface area contributed by atoms with Crippen molar-refractivity contribution in [2.45, 2.75) is 32.4 Å². The standard InChI is InChI=1S/C17H18BrClFN/c1-3-17(12-4-7-14(19)8-5-12)21-11(2)15-10-13(18)6-9-16(15)20/h4-11,17,21H,3H2,1-2H3. The Kier molecular flexibility index (Phi) is 5.80. The number of benzene rings is 2. The van der Waals surface area contributed by atoms with Gasteiger partial charge < -0.3 is 5.32 Å². The molecule has 0 fully saturated rings. The Hall–Kier alpha value is -0.900. The maximum absolute atomic E-state index is 14.0. The SMILES string of the molecule is CCC(NC(C)c1cc(Br)ccc1F)c1ccc(Cl)cc1. The zero-order chi connectivity index (χ0) is 15.4. The van der Waals surface area contributed by atoms with Gasteiger partial charge in [-0.1, -0.05) is 46.6 Å². The van der Waals surface area contributed by atoms with Gasteiger partial charge in [-0.2, -0.15) is 0 Å². The summed E-state index contributed by atoms with van der Waals surface area (Å²) < 4.78 is 14.8. The molecule has 1 N–H and O–H groups in total. The molecule has 0 heterocycles. The van der Waals surface area contributed by atoms with Crippen LogP contribution >= 0.6 is 27.5 Å². The third-order valence-corrected chi connectivity index (χ3v) is 4.30. The molecule has 0 saturated heterocycles. The van der Waals surface area contributed by atoms with Crippen LogP contribution in [0.3, 0.4) is 0 Å². The van der Waals surface area contributed by atoms with E-state index in [-0.39, 0.29) is 17.9 Å². The predicted octanol–water partition coefficient (Wildman–Crippen LogP) is 6.04. The molecular formula is C17H18BrClFN. The zero-order valence-electron chi connectivity index (χ0n) is 12.0. The molecule has 0 aromatic heterocycles. The van der Waals surface area contributed by atoms with Crippen LogP contribution in [0.15, 0.2) is 46.9 Å². The molecule has 2 rings (SSSR count). The minimum absolute atomic E-state index is 0.0804. The summed E-state index contributed by atoms with van der Waals surface area (Å²) in [5.41, 5.74) is 1.82. The lowest BCUT2D eigenvalue weighted by Crippen LogP contribution is -2.25. The van der Waals surface area contributed by atoms with Crippen molar-refractivity contribution in [1.29, 1.82) is 0 Å². The molecular weight excluding hydrogens is 353 g/mol. The Balaban J connectivity index is 2.17. The second-order valence-corrected chi connectivity index (χ2v) is 6.42. The molecule has 1 nitrogen and oxygen atoms in total.